The first-order chi connectivity index (χ1) is 11.2. The lowest BCUT2D eigenvalue weighted by atomic mass is 10.1. The highest BCUT2D eigenvalue weighted by atomic mass is 32.2. The van der Waals surface area contributed by atoms with E-state index in [1.165, 1.54) is 0 Å². The molecule has 7 heteroatoms. The van der Waals surface area contributed by atoms with Crippen LogP contribution in [-0.2, 0) is 10.8 Å². The number of urea groups is 1. The number of carbonyl (C=O) groups is 1. The summed E-state index contributed by atoms with van der Waals surface area (Å²) in [5.41, 5.74) is 4.22. The zero-order valence-corrected chi connectivity index (χ0v) is 15.5. The Morgan fingerprint density at radius 1 is 1.21 bits per heavy atom. The fourth-order valence-corrected chi connectivity index (χ4v) is 3.43. The number of anilines is 1. The third-order valence-electron chi connectivity index (χ3n) is 3.44. The predicted molar refractivity (Wildman–Crippen MR) is 98.3 cm³/mol. The van der Waals surface area contributed by atoms with Gasteiger partial charge in [-0.05, 0) is 51.0 Å². The van der Waals surface area contributed by atoms with E-state index in [1.54, 1.807) is 10.9 Å². The van der Waals surface area contributed by atoms with E-state index in [4.69, 9.17) is 0 Å². The minimum Gasteiger partial charge on any atom is -0.334 e. The molecular formula is C17H24N4O2S. The van der Waals surface area contributed by atoms with Crippen molar-refractivity contribution in [3.8, 4) is 5.69 Å². The molecule has 0 spiro atoms. The fraction of sp³-hybridized carbons (Fsp3) is 0.412. The van der Waals surface area contributed by atoms with Crippen LogP contribution in [0.15, 0.2) is 24.3 Å². The van der Waals surface area contributed by atoms with Gasteiger partial charge in [-0.1, -0.05) is 6.07 Å². The first kappa shape index (κ1) is 18.2. The molecule has 1 heterocycles. The molecule has 6 nitrogen and oxygen atoms in total. The summed E-state index contributed by atoms with van der Waals surface area (Å²) < 4.78 is 13.0. The van der Waals surface area contributed by atoms with E-state index in [1.807, 2.05) is 33.8 Å². The van der Waals surface area contributed by atoms with Crippen molar-refractivity contribution in [2.24, 2.45) is 0 Å². The van der Waals surface area contributed by atoms with Crippen molar-refractivity contribution in [3.05, 3.63) is 41.1 Å². The normalized spacial score (nSPS) is 13.4. The van der Waals surface area contributed by atoms with Crippen molar-refractivity contribution in [2.45, 2.75) is 33.7 Å². The summed E-state index contributed by atoms with van der Waals surface area (Å²) in [7, 11) is -0.950. The van der Waals surface area contributed by atoms with Gasteiger partial charge in [0, 0.05) is 40.6 Å². The number of nitrogens with zero attached hydrogens (tertiary/aromatic N) is 2. The molecule has 1 aromatic carbocycles. The summed E-state index contributed by atoms with van der Waals surface area (Å²) in [6, 6.07) is 7.51. The van der Waals surface area contributed by atoms with Crippen LogP contribution < -0.4 is 10.6 Å². The number of aryl methyl sites for hydroxylation is 3. The molecule has 130 valence electrons. The Balaban J connectivity index is 2.11. The number of benzene rings is 1. The maximum Gasteiger partial charge on any atom is 0.320 e. The van der Waals surface area contributed by atoms with Crippen LogP contribution in [0, 0.1) is 20.8 Å². The lowest BCUT2D eigenvalue weighted by Crippen LogP contribution is -2.39. The second kappa shape index (κ2) is 7.61. The summed E-state index contributed by atoms with van der Waals surface area (Å²) in [5, 5.41) is 9.93. The molecule has 2 rings (SSSR count). The molecule has 24 heavy (non-hydrogen) atoms. The first-order valence-electron chi connectivity index (χ1n) is 7.77. The minimum absolute atomic E-state index is 0.168. The van der Waals surface area contributed by atoms with E-state index in [2.05, 4.69) is 33.9 Å². The fourth-order valence-electron chi connectivity index (χ4n) is 2.64. The first-order valence-corrected chi connectivity index (χ1v) is 9.50. The van der Waals surface area contributed by atoms with Gasteiger partial charge >= 0.3 is 6.03 Å². The highest BCUT2D eigenvalue weighted by molar-refractivity contribution is 7.84. The van der Waals surface area contributed by atoms with E-state index in [0.717, 1.165) is 22.5 Å². The Morgan fingerprint density at radius 3 is 2.42 bits per heavy atom. The van der Waals surface area contributed by atoms with Gasteiger partial charge in [-0.3, -0.25) is 9.53 Å². The van der Waals surface area contributed by atoms with E-state index in [9.17, 15) is 9.00 Å². The van der Waals surface area contributed by atoms with E-state index < -0.39 is 10.8 Å². The molecule has 2 N–H and O–H groups in total. The van der Waals surface area contributed by atoms with Gasteiger partial charge in [-0.2, -0.15) is 0 Å². The summed E-state index contributed by atoms with van der Waals surface area (Å²) in [4.78, 5) is 12.0. The number of nitrogens with one attached hydrogen (secondary N) is 2. The summed E-state index contributed by atoms with van der Waals surface area (Å²) in [5.74, 6) is 0.901. The molecule has 2 amide bonds. The number of carbonyl (C=O) groups excluding carboxylic acids is 1. The van der Waals surface area contributed by atoms with Gasteiger partial charge in [-0.25, -0.2) is 9.48 Å². The number of hydrogen-bond acceptors (Lipinski definition) is 3. The maximum absolute atomic E-state index is 12.0. The molecule has 0 aliphatic carbocycles. The highest BCUT2D eigenvalue weighted by Crippen LogP contribution is 2.18. The summed E-state index contributed by atoms with van der Waals surface area (Å²) >= 11 is 0. The van der Waals surface area contributed by atoms with E-state index in [0.29, 0.717) is 11.6 Å². The van der Waals surface area contributed by atoms with Crippen molar-refractivity contribution in [2.75, 3.05) is 17.3 Å². The van der Waals surface area contributed by atoms with Crippen LogP contribution in [0.4, 0.5) is 10.6 Å². The third kappa shape index (κ3) is 4.92. The Bertz CT molecular complexity index is 750. The summed E-state index contributed by atoms with van der Waals surface area (Å²) in [6.45, 7) is 7.85. The monoisotopic (exact) mass is 348 g/mol. The Hall–Kier alpha value is -2.15. The molecule has 1 aromatic heterocycles. The van der Waals surface area contributed by atoms with Crippen molar-refractivity contribution < 1.29 is 9.00 Å². The Morgan fingerprint density at radius 2 is 1.83 bits per heavy atom. The molecule has 2 atom stereocenters. The van der Waals surface area contributed by atoms with Gasteiger partial charge in [0.15, 0.2) is 5.82 Å². The Labute approximate surface area is 145 Å². The average molecular weight is 348 g/mol. The van der Waals surface area contributed by atoms with Gasteiger partial charge in [-0.15, -0.1) is 5.10 Å². The molecule has 2 unspecified atom stereocenters. The van der Waals surface area contributed by atoms with Crippen molar-refractivity contribution >= 4 is 22.6 Å². The SMILES string of the molecule is Cc1cc(C)cc(-n2nc(NC(=O)NC(C)CS(C)=O)cc2C)c1. The van der Waals surface area contributed by atoms with Gasteiger partial charge in [0.25, 0.3) is 0 Å². The zero-order valence-electron chi connectivity index (χ0n) is 14.7. The largest absolute Gasteiger partial charge is 0.334 e. The van der Waals surface area contributed by atoms with Gasteiger partial charge in [0.1, 0.15) is 0 Å². The topological polar surface area (TPSA) is 76.0 Å². The quantitative estimate of drug-likeness (QED) is 0.872. The third-order valence-corrected chi connectivity index (χ3v) is 4.41. The van der Waals surface area contributed by atoms with Crippen molar-refractivity contribution in [3.63, 3.8) is 0 Å². The molecule has 2 aromatic rings. The Kier molecular flexibility index (Phi) is 5.77. The van der Waals surface area contributed by atoms with Crippen LogP contribution in [0.25, 0.3) is 5.69 Å². The molecule has 0 bridgehead atoms. The molecule has 0 aliphatic rings. The van der Waals surface area contributed by atoms with Crippen molar-refractivity contribution in [1.82, 2.24) is 15.1 Å². The van der Waals surface area contributed by atoms with Crippen LogP contribution in [0.3, 0.4) is 0 Å². The van der Waals surface area contributed by atoms with Crippen LogP contribution in [0.1, 0.15) is 23.7 Å². The van der Waals surface area contributed by atoms with Crippen LogP contribution >= 0.6 is 0 Å². The molecule has 0 saturated heterocycles. The van der Waals surface area contributed by atoms with Crippen LogP contribution in [0.5, 0.6) is 0 Å². The smallest absolute Gasteiger partial charge is 0.320 e. The van der Waals surface area contributed by atoms with Crippen molar-refractivity contribution in [1.29, 1.82) is 0 Å². The number of rotatable bonds is 5. The molecular weight excluding hydrogens is 324 g/mol. The van der Waals surface area contributed by atoms with Gasteiger partial charge < -0.3 is 5.32 Å². The van der Waals surface area contributed by atoms with E-state index in [-0.39, 0.29) is 12.1 Å². The number of amides is 2. The average Bonchev–Trinajstić information content (AvgIpc) is 2.76. The molecule has 0 radical (unpaired) electrons. The van der Waals surface area contributed by atoms with Crippen LogP contribution in [-0.4, -0.2) is 38.1 Å². The minimum atomic E-state index is -0.950. The zero-order chi connectivity index (χ0) is 17.9. The van der Waals surface area contributed by atoms with Gasteiger partial charge in [0.2, 0.25) is 0 Å². The maximum atomic E-state index is 12.0. The molecule has 0 aliphatic heterocycles. The standard InChI is InChI=1S/C17H24N4O2S/c1-11-6-12(2)8-15(7-11)21-14(4)9-16(20-21)19-17(22)18-13(3)10-24(5)23/h6-9,13H,10H2,1-5H3,(H2,18,19,20,22). The second-order valence-electron chi connectivity index (χ2n) is 6.17. The lowest BCUT2D eigenvalue weighted by Gasteiger charge is -2.12. The lowest BCUT2D eigenvalue weighted by molar-refractivity contribution is 0.250. The predicted octanol–water partition coefficient (Wildman–Crippen LogP) is 2.69. The number of hydrogen-bond donors (Lipinski definition) is 2. The van der Waals surface area contributed by atoms with Crippen LogP contribution in [0.2, 0.25) is 0 Å². The second-order valence-corrected chi connectivity index (χ2v) is 7.65. The molecule has 0 saturated carbocycles. The highest BCUT2D eigenvalue weighted by Gasteiger charge is 2.12. The number of aromatic nitrogens is 2. The van der Waals surface area contributed by atoms with E-state index >= 15 is 0 Å². The summed E-state index contributed by atoms with van der Waals surface area (Å²) in [6.07, 6.45) is 1.62. The van der Waals surface area contributed by atoms with Gasteiger partial charge in [0.05, 0.1) is 5.69 Å². The molecule has 0 fully saturated rings.